The van der Waals surface area contributed by atoms with E-state index in [4.69, 9.17) is 11.6 Å². The monoisotopic (exact) mass is 300 g/mol. The molecular weight excluding hydrogens is 288 g/mol. The van der Waals surface area contributed by atoms with Gasteiger partial charge in [0, 0.05) is 23.4 Å². The zero-order valence-corrected chi connectivity index (χ0v) is 11.9. The minimum atomic E-state index is -0.541. The van der Waals surface area contributed by atoms with Gasteiger partial charge in [-0.15, -0.1) is 0 Å². The van der Waals surface area contributed by atoms with E-state index in [1.165, 1.54) is 18.2 Å². The summed E-state index contributed by atoms with van der Waals surface area (Å²) in [6.07, 6.45) is 4.23. The maximum absolute atomic E-state index is 12.0. The first-order valence-electron chi connectivity index (χ1n) is 5.75. The Kier molecular flexibility index (Phi) is 4.01. The molecule has 0 saturated heterocycles. The van der Waals surface area contributed by atoms with Crippen LogP contribution >= 0.6 is 23.4 Å². The molecule has 5 nitrogen and oxygen atoms in total. The summed E-state index contributed by atoms with van der Waals surface area (Å²) >= 11 is 7.65. The number of hydrogen-bond acceptors (Lipinski definition) is 4. The number of halogens is 1. The molecule has 0 spiro atoms. The molecule has 1 N–H and O–H groups in total. The van der Waals surface area contributed by atoms with Gasteiger partial charge >= 0.3 is 0 Å². The van der Waals surface area contributed by atoms with Crippen molar-refractivity contribution in [1.82, 2.24) is 5.32 Å². The van der Waals surface area contributed by atoms with Gasteiger partial charge in [-0.25, -0.2) is 0 Å². The van der Waals surface area contributed by atoms with Gasteiger partial charge in [0.05, 0.1) is 15.5 Å². The number of thioether (sulfide) groups is 1. The van der Waals surface area contributed by atoms with Gasteiger partial charge < -0.3 is 5.32 Å². The van der Waals surface area contributed by atoms with Crippen LogP contribution in [0.1, 0.15) is 23.2 Å². The Morgan fingerprint density at radius 1 is 1.58 bits per heavy atom. The minimum absolute atomic E-state index is 0.0979. The van der Waals surface area contributed by atoms with Crippen molar-refractivity contribution >= 4 is 35.0 Å². The Labute approximate surface area is 119 Å². The first-order chi connectivity index (χ1) is 8.97. The second kappa shape index (κ2) is 5.38. The quantitative estimate of drug-likeness (QED) is 0.670. The molecule has 2 rings (SSSR count). The third-order valence-electron chi connectivity index (χ3n) is 3.22. The van der Waals surface area contributed by atoms with E-state index in [9.17, 15) is 14.9 Å². The molecule has 0 aliphatic heterocycles. The van der Waals surface area contributed by atoms with Crippen LogP contribution in [0.3, 0.4) is 0 Å². The lowest BCUT2D eigenvalue weighted by Gasteiger charge is -2.13. The number of nitrogens with zero attached hydrogens (tertiary/aromatic N) is 1. The molecule has 0 aromatic heterocycles. The number of amides is 1. The van der Waals surface area contributed by atoms with Crippen molar-refractivity contribution in [2.45, 2.75) is 17.6 Å². The first-order valence-corrected chi connectivity index (χ1v) is 7.35. The molecule has 1 amide bonds. The molecule has 1 aliphatic carbocycles. The molecule has 7 heteroatoms. The minimum Gasteiger partial charge on any atom is -0.351 e. The van der Waals surface area contributed by atoms with Crippen LogP contribution in [0.4, 0.5) is 5.69 Å². The number of nitro groups is 1. The molecule has 1 aromatic carbocycles. The van der Waals surface area contributed by atoms with Crippen molar-refractivity contribution in [1.29, 1.82) is 0 Å². The molecular formula is C12H13ClN2O3S. The lowest BCUT2D eigenvalue weighted by Crippen LogP contribution is -2.31. The van der Waals surface area contributed by atoms with Crippen LogP contribution in [0.25, 0.3) is 0 Å². The first kappa shape index (κ1) is 14.1. The van der Waals surface area contributed by atoms with Crippen molar-refractivity contribution in [2.75, 3.05) is 12.8 Å². The lowest BCUT2D eigenvalue weighted by atomic mass is 10.2. The van der Waals surface area contributed by atoms with Gasteiger partial charge in [0.2, 0.25) is 0 Å². The highest BCUT2D eigenvalue weighted by Crippen LogP contribution is 2.46. The van der Waals surface area contributed by atoms with Crippen molar-refractivity contribution in [3.05, 3.63) is 38.9 Å². The second-order valence-corrected chi connectivity index (χ2v) is 6.17. The van der Waals surface area contributed by atoms with E-state index >= 15 is 0 Å². The predicted octanol–water partition coefficient (Wildman–Crippen LogP) is 2.87. The van der Waals surface area contributed by atoms with Crippen molar-refractivity contribution in [2.24, 2.45) is 0 Å². The van der Waals surface area contributed by atoms with Crippen LogP contribution in [-0.4, -0.2) is 28.4 Å². The van der Waals surface area contributed by atoms with Crippen molar-refractivity contribution < 1.29 is 9.72 Å². The van der Waals surface area contributed by atoms with Crippen LogP contribution in [0.2, 0.25) is 5.02 Å². The highest BCUT2D eigenvalue weighted by atomic mass is 35.5. The fraction of sp³-hybridized carbons (Fsp3) is 0.417. The number of carbonyl (C=O) groups excluding carboxylic acids is 1. The zero-order valence-electron chi connectivity index (χ0n) is 10.3. The van der Waals surface area contributed by atoms with E-state index < -0.39 is 4.92 Å². The predicted molar refractivity (Wildman–Crippen MR) is 75.9 cm³/mol. The van der Waals surface area contributed by atoms with E-state index in [2.05, 4.69) is 5.32 Å². The summed E-state index contributed by atoms with van der Waals surface area (Å²) in [5, 5.41) is 13.5. The third-order valence-corrected chi connectivity index (χ3v) is 4.95. The van der Waals surface area contributed by atoms with E-state index in [0.717, 1.165) is 12.8 Å². The summed E-state index contributed by atoms with van der Waals surface area (Å²) in [5.74, 6) is -0.291. The highest BCUT2D eigenvalue weighted by molar-refractivity contribution is 8.00. The summed E-state index contributed by atoms with van der Waals surface area (Å²) in [6, 6.07) is 3.86. The standard InChI is InChI=1S/C12H13ClN2O3S/c1-19-12(4-5-12)7-14-11(16)9-3-2-8(15(17)18)6-10(9)13/h2-3,6H,4-5,7H2,1H3,(H,14,16). The Morgan fingerprint density at radius 3 is 2.74 bits per heavy atom. The number of hydrogen-bond donors (Lipinski definition) is 1. The maximum atomic E-state index is 12.0. The number of nitro benzene ring substituents is 1. The van der Waals surface area contributed by atoms with Crippen molar-refractivity contribution in [3.8, 4) is 0 Å². The van der Waals surface area contributed by atoms with Gasteiger partial charge in [-0.2, -0.15) is 11.8 Å². The van der Waals surface area contributed by atoms with Gasteiger partial charge in [-0.3, -0.25) is 14.9 Å². The second-order valence-electron chi connectivity index (χ2n) is 4.49. The van der Waals surface area contributed by atoms with Gasteiger partial charge in [-0.1, -0.05) is 11.6 Å². The molecule has 0 bridgehead atoms. The maximum Gasteiger partial charge on any atom is 0.270 e. The summed E-state index contributed by atoms with van der Waals surface area (Å²) < 4.78 is 0.170. The fourth-order valence-corrected chi connectivity index (χ4v) is 2.72. The molecule has 0 atom stereocenters. The summed E-state index contributed by atoms with van der Waals surface area (Å²) in [4.78, 5) is 22.0. The van der Waals surface area contributed by atoms with E-state index in [1.807, 2.05) is 6.26 Å². The molecule has 1 aromatic rings. The van der Waals surface area contributed by atoms with E-state index in [0.29, 0.717) is 6.54 Å². The van der Waals surface area contributed by atoms with Crippen LogP contribution in [-0.2, 0) is 0 Å². The van der Waals surface area contributed by atoms with Gasteiger partial charge in [0.1, 0.15) is 0 Å². The van der Waals surface area contributed by atoms with E-state index in [-0.39, 0.29) is 26.9 Å². The lowest BCUT2D eigenvalue weighted by molar-refractivity contribution is -0.384. The van der Waals surface area contributed by atoms with Gasteiger partial charge in [-0.05, 0) is 25.2 Å². The highest BCUT2D eigenvalue weighted by Gasteiger charge is 2.42. The molecule has 0 heterocycles. The summed E-state index contributed by atoms with van der Waals surface area (Å²) in [7, 11) is 0. The van der Waals surface area contributed by atoms with Gasteiger partial charge in [0.25, 0.3) is 11.6 Å². The SMILES string of the molecule is CSC1(CNC(=O)c2ccc([N+](=O)[O-])cc2Cl)CC1. The Morgan fingerprint density at radius 2 is 2.26 bits per heavy atom. The summed E-state index contributed by atoms with van der Waals surface area (Å²) in [5.41, 5.74) is 0.147. The number of nitrogens with one attached hydrogen (secondary N) is 1. The van der Waals surface area contributed by atoms with Crippen LogP contribution < -0.4 is 5.32 Å². The van der Waals surface area contributed by atoms with Crippen LogP contribution in [0.15, 0.2) is 18.2 Å². The zero-order chi connectivity index (χ0) is 14.0. The Balaban J connectivity index is 2.05. The normalized spacial score (nSPS) is 15.9. The number of non-ortho nitro benzene ring substituents is 1. The largest absolute Gasteiger partial charge is 0.351 e. The topological polar surface area (TPSA) is 72.2 Å². The van der Waals surface area contributed by atoms with E-state index in [1.54, 1.807) is 11.8 Å². The average molecular weight is 301 g/mol. The molecule has 1 saturated carbocycles. The van der Waals surface area contributed by atoms with Gasteiger partial charge in [0.15, 0.2) is 0 Å². The molecule has 102 valence electrons. The molecule has 1 aliphatic rings. The number of rotatable bonds is 5. The molecule has 19 heavy (non-hydrogen) atoms. The number of benzene rings is 1. The molecule has 0 radical (unpaired) electrons. The van der Waals surface area contributed by atoms with Crippen LogP contribution in [0, 0.1) is 10.1 Å². The third kappa shape index (κ3) is 3.19. The fourth-order valence-electron chi connectivity index (χ4n) is 1.73. The Hall–Kier alpha value is -1.27. The summed E-state index contributed by atoms with van der Waals surface area (Å²) in [6.45, 7) is 0.598. The van der Waals surface area contributed by atoms with Crippen LogP contribution in [0.5, 0.6) is 0 Å². The Bertz CT molecular complexity index is 532. The smallest absolute Gasteiger partial charge is 0.270 e. The number of carbonyl (C=O) groups is 1. The van der Waals surface area contributed by atoms with Crippen molar-refractivity contribution in [3.63, 3.8) is 0 Å². The molecule has 1 fully saturated rings. The molecule has 0 unspecified atom stereocenters. The average Bonchev–Trinajstić information content (AvgIpc) is 3.16.